The summed E-state index contributed by atoms with van der Waals surface area (Å²) < 4.78 is 38.8. The SMILES string of the molecule is CC(C)Oc1ccc(S(=O)(=O)N2CCCC(Cc3nc(-c4ccsc4)no3)C2)cc1. The minimum Gasteiger partial charge on any atom is -0.491 e. The number of ether oxygens (including phenoxy) is 1. The Balaban J connectivity index is 1.43. The zero-order valence-electron chi connectivity index (χ0n) is 17.0. The Hall–Kier alpha value is -2.23. The molecule has 1 fully saturated rings. The van der Waals surface area contributed by atoms with Gasteiger partial charge in [0, 0.05) is 30.5 Å². The van der Waals surface area contributed by atoms with Crippen molar-refractivity contribution < 1.29 is 17.7 Å². The summed E-state index contributed by atoms with van der Waals surface area (Å²) in [7, 11) is -3.55. The third kappa shape index (κ3) is 4.74. The number of thiophene rings is 1. The largest absolute Gasteiger partial charge is 0.491 e. The van der Waals surface area contributed by atoms with Gasteiger partial charge in [0.15, 0.2) is 0 Å². The second kappa shape index (κ2) is 8.87. The highest BCUT2D eigenvalue weighted by Gasteiger charge is 2.31. The Morgan fingerprint density at radius 3 is 2.77 bits per heavy atom. The number of aromatic nitrogens is 2. The lowest BCUT2D eigenvalue weighted by molar-refractivity contribution is 0.242. The van der Waals surface area contributed by atoms with Gasteiger partial charge in [-0.1, -0.05) is 5.16 Å². The lowest BCUT2D eigenvalue weighted by Gasteiger charge is -2.31. The van der Waals surface area contributed by atoms with Crippen molar-refractivity contribution in [2.45, 2.75) is 44.1 Å². The molecule has 1 saturated heterocycles. The van der Waals surface area contributed by atoms with E-state index in [1.54, 1.807) is 39.9 Å². The fraction of sp³-hybridized carbons (Fsp3) is 0.429. The van der Waals surface area contributed by atoms with E-state index < -0.39 is 10.0 Å². The molecule has 2 aromatic heterocycles. The third-order valence-corrected chi connectivity index (χ3v) is 7.59. The molecule has 1 unspecified atom stereocenters. The van der Waals surface area contributed by atoms with Gasteiger partial charge in [-0.05, 0) is 68.3 Å². The van der Waals surface area contributed by atoms with Gasteiger partial charge < -0.3 is 9.26 Å². The number of benzene rings is 1. The van der Waals surface area contributed by atoms with Gasteiger partial charge in [-0.15, -0.1) is 0 Å². The number of nitrogens with zero attached hydrogens (tertiary/aromatic N) is 3. The number of hydrogen-bond donors (Lipinski definition) is 0. The van der Waals surface area contributed by atoms with Gasteiger partial charge in [0.25, 0.3) is 0 Å². The van der Waals surface area contributed by atoms with Crippen molar-refractivity contribution in [1.29, 1.82) is 0 Å². The molecule has 9 heteroatoms. The number of piperidine rings is 1. The maximum absolute atomic E-state index is 13.1. The molecule has 0 radical (unpaired) electrons. The van der Waals surface area contributed by atoms with Gasteiger partial charge >= 0.3 is 0 Å². The first-order valence-corrected chi connectivity index (χ1v) is 12.4. The molecule has 1 aliphatic rings. The van der Waals surface area contributed by atoms with Crippen molar-refractivity contribution in [3.8, 4) is 17.1 Å². The van der Waals surface area contributed by atoms with E-state index in [1.165, 1.54) is 0 Å². The van der Waals surface area contributed by atoms with Crippen molar-refractivity contribution in [2.75, 3.05) is 13.1 Å². The first-order valence-electron chi connectivity index (χ1n) is 10.0. The van der Waals surface area contributed by atoms with Gasteiger partial charge in [-0.25, -0.2) is 8.42 Å². The molecule has 0 N–H and O–H groups in total. The van der Waals surface area contributed by atoms with Crippen LogP contribution in [0.1, 0.15) is 32.6 Å². The van der Waals surface area contributed by atoms with E-state index in [9.17, 15) is 8.42 Å². The summed E-state index contributed by atoms with van der Waals surface area (Å²) in [5, 5.41) is 7.99. The Kier molecular flexibility index (Phi) is 6.21. The lowest BCUT2D eigenvalue weighted by Crippen LogP contribution is -2.40. The van der Waals surface area contributed by atoms with E-state index >= 15 is 0 Å². The highest BCUT2D eigenvalue weighted by Crippen LogP contribution is 2.27. The molecule has 30 heavy (non-hydrogen) atoms. The van der Waals surface area contributed by atoms with E-state index in [0.29, 0.717) is 37.0 Å². The highest BCUT2D eigenvalue weighted by atomic mass is 32.2. The second-order valence-corrected chi connectivity index (χ2v) is 10.5. The highest BCUT2D eigenvalue weighted by molar-refractivity contribution is 7.89. The summed E-state index contributed by atoms with van der Waals surface area (Å²) in [4.78, 5) is 4.76. The molecule has 0 amide bonds. The molecule has 0 saturated carbocycles. The van der Waals surface area contributed by atoms with Crippen LogP contribution in [0.4, 0.5) is 0 Å². The molecular weight excluding hydrogens is 422 g/mol. The molecule has 3 aromatic rings. The molecule has 160 valence electrons. The zero-order valence-corrected chi connectivity index (χ0v) is 18.7. The summed E-state index contributed by atoms with van der Waals surface area (Å²) in [5.74, 6) is 1.94. The van der Waals surface area contributed by atoms with Crippen LogP contribution in [0, 0.1) is 5.92 Å². The fourth-order valence-electron chi connectivity index (χ4n) is 3.62. The van der Waals surface area contributed by atoms with Gasteiger partial charge in [-0.3, -0.25) is 0 Å². The minimum absolute atomic E-state index is 0.0419. The van der Waals surface area contributed by atoms with Crippen molar-refractivity contribution in [2.24, 2.45) is 5.92 Å². The number of hydrogen-bond acceptors (Lipinski definition) is 7. The molecule has 3 heterocycles. The monoisotopic (exact) mass is 447 g/mol. The normalized spacial score (nSPS) is 18.0. The van der Waals surface area contributed by atoms with Gasteiger partial charge in [0.05, 0.1) is 11.0 Å². The van der Waals surface area contributed by atoms with E-state index in [1.807, 2.05) is 30.7 Å². The predicted molar refractivity (Wildman–Crippen MR) is 115 cm³/mol. The molecule has 1 atom stereocenters. The van der Waals surface area contributed by atoms with Crippen LogP contribution in [0.15, 0.2) is 50.5 Å². The van der Waals surface area contributed by atoms with Crippen LogP contribution in [0.5, 0.6) is 5.75 Å². The summed E-state index contributed by atoms with van der Waals surface area (Å²) in [5.41, 5.74) is 0.938. The van der Waals surface area contributed by atoms with E-state index in [4.69, 9.17) is 9.26 Å². The maximum atomic E-state index is 13.1. The maximum Gasteiger partial charge on any atom is 0.243 e. The first-order chi connectivity index (χ1) is 14.4. The van der Waals surface area contributed by atoms with E-state index in [0.717, 1.165) is 18.4 Å². The topological polar surface area (TPSA) is 85.5 Å². The summed E-state index contributed by atoms with van der Waals surface area (Å²) in [6, 6.07) is 8.59. The van der Waals surface area contributed by atoms with Gasteiger partial charge in [-0.2, -0.15) is 20.6 Å². The lowest BCUT2D eigenvalue weighted by atomic mass is 9.96. The molecule has 0 aliphatic carbocycles. The molecule has 7 nitrogen and oxygen atoms in total. The quantitative estimate of drug-likeness (QED) is 0.539. The first kappa shape index (κ1) is 21.0. The van der Waals surface area contributed by atoms with Crippen LogP contribution in [0.2, 0.25) is 0 Å². The third-order valence-electron chi connectivity index (χ3n) is 5.03. The molecule has 1 aliphatic heterocycles. The van der Waals surface area contributed by atoms with E-state index in [2.05, 4.69) is 10.1 Å². The van der Waals surface area contributed by atoms with Crippen LogP contribution < -0.4 is 4.74 Å². The summed E-state index contributed by atoms with van der Waals surface area (Å²) >= 11 is 1.58. The molecule has 0 bridgehead atoms. The van der Waals surface area contributed by atoms with Crippen LogP contribution in [-0.2, 0) is 16.4 Å². The van der Waals surface area contributed by atoms with E-state index in [-0.39, 0.29) is 16.9 Å². The Bertz CT molecular complexity index is 1060. The van der Waals surface area contributed by atoms with Crippen LogP contribution >= 0.6 is 11.3 Å². The van der Waals surface area contributed by atoms with Crippen LogP contribution in [0.3, 0.4) is 0 Å². The van der Waals surface area contributed by atoms with Crippen molar-refractivity contribution in [3.05, 3.63) is 47.0 Å². The summed E-state index contributed by atoms with van der Waals surface area (Å²) in [6.45, 7) is 4.84. The smallest absolute Gasteiger partial charge is 0.243 e. The van der Waals surface area contributed by atoms with Crippen molar-refractivity contribution >= 4 is 21.4 Å². The Morgan fingerprint density at radius 1 is 1.27 bits per heavy atom. The zero-order chi connectivity index (χ0) is 21.1. The second-order valence-electron chi connectivity index (χ2n) is 7.74. The standard InChI is InChI=1S/C21H25N3O4S2/c1-15(2)27-18-5-7-19(8-6-18)30(25,26)24-10-3-4-16(13-24)12-20-22-21(23-28-20)17-9-11-29-14-17/h5-9,11,14-16H,3-4,10,12-13H2,1-2H3. The van der Waals surface area contributed by atoms with Crippen molar-refractivity contribution in [3.63, 3.8) is 0 Å². The predicted octanol–water partition coefficient (Wildman–Crippen LogP) is 4.23. The summed E-state index contributed by atoms with van der Waals surface area (Å²) in [6.07, 6.45) is 2.36. The van der Waals surface area contributed by atoms with Crippen molar-refractivity contribution in [1.82, 2.24) is 14.4 Å². The minimum atomic E-state index is -3.55. The fourth-order valence-corrected chi connectivity index (χ4v) is 5.81. The molecule has 4 rings (SSSR count). The van der Waals surface area contributed by atoms with Crippen LogP contribution in [-0.4, -0.2) is 42.1 Å². The number of rotatable bonds is 7. The molecule has 1 aromatic carbocycles. The van der Waals surface area contributed by atoms with Gasteiger partial charge in [0.1, 0.15) is 5.75 Å². The average molecular weight is 448 g/mol. The van der Waals surface area contributed by atoms with Crippen LogP contribution in [0.25, 0.3) is 11.4 Å². The average Bonchev–Trinajstić information content (AvgIpc) is 3.40. The number of sulfonamides is 1. The Morgan fingerprint density at radius 2 is 2.07 bits per heavy atom. The van der Waals surface area contributed by atoms with Gasteiger partial charge in [0.2, 0.25) is 21.7 Å². The Labute approximate surface area is 180 Å². The molecule has 0 spiro atoms. The molecular formula is C21H25N3O4S2.